The van der Waals surface area contributed by atoms with Crippen LogP contribution in [-0.2, 0) is 38.1 Å². The molecule has 11 heteroatoms. The van der Waals surface area contributed by atoms with E-state index in [4.69, 9.17) is 29.4 Å². The molecular formula is C33H65N3O8. The monoisotopic (exact) mass is 631 g/mol. The maximum absolute atomic E-state index is 12.3. The predicted molar refractivity (Wildman–Crippen MR) is 173 cm³/mol. The lowest BCUT2D eigenvalue weighted by Crippen LogP contribution is -2.47. The Balaban J connectivity index is 3.63. The van der Waals surface area contributed by atoms with Crippen molar-refractivity contribution in [3.63, 3.8) is 0 Å². The number of nitrogens with one attached hydrogen (secondary N) is 2. The SMILES string of the molecule is CCCCCCCCCCCCCCCCNC(=O)C[C@H](NC(=O)CCOCCOCCOCCOCCOCC)C(N)=O. The minimum atomic E-state index is -1.04. The molecule has 0 aromatic heterocycles. The Bertz CT molecular complexity index is 621. The lowest BCUT2D eigenvalue weighted by molar-refractivity contribution is -0.130. The van der Waals surface area contributed by atoms with E-state index in [1.807, 2.05) is 6.92 Å². The fraction of sp³-hybridized carbons (Fsp3) is 0.909. The summed E-state index contributed by atoms with van der Waals surface area (Å²) in [6.07, 6.45) is 17.8. The summed E-state index contributed by atoms with van der Waals surface area (Å²) in [4.78, 5) is 36.2. The van der Waals surface area contributed by atoms with Gasteiger partial charge in [-0.05, 0) is 13.3 Å². The van der Waals surface area contributed by atoms with E-state index in [2.05, 4.69) is 17.6 Å². The van der Waals surface area contributed by atoms with Crippen molar-refractivity contribution in [3.05, 3.63) is 0 Å². The van der Waals surface area contributed by atoms with Gasteiger partial charge in [0, 0.05) is 19.6 Å². The summed E-state index contributed by atoms with van der Waals surface area (Å²) < 4.78 is 26.7. The molecule has 0 saturated carbocycles. The molecule has 4 N–H and O–H groups in total. The summed E-state index contributed by atoms with van der Waals surface area (Å²) in [5, 5.41) is 5.36. The first-order valence-electron chi connectivity index (χ1n) is 17.2. The van der Waals surface area contributed by atoms with Gasteiger partial charge in [0.2, 0.25) is 17.7 Å². The first-order valence-corrected chi connectivity index (χ1v) is 17.2. The molecule has 0 bridgehead atoms. The van der Waals surface area contributed by atoms with E-state index in [0.29, 0.717) is 66.0 Å². The first-order chi connectivity index (χ1) is 21.5. The van der Waals surface area contributed by atoms with Gasteiger partial charge in [-0.15, -0.1) is 0 Å². The molecule has 0 aliphatic rings. The largest absolute Gasteiger partial charge is 0.379 e. The van der Waals surface area contributed by atoms with Crippen molar-refractivity contribution in [1.29, 1.82) is 0 Å². The van der Waals surface area contributed by atoms with Crippen LogP contribution in [0.2, 0.25) is 0 Å². The maximum Gasteiger partial charge on any atom is 0.240 e. The highest BCUT2D eigenvalue weighted by Gasteiger charge is 2.21. The van der Waals surface area contributed by atoms with Crippen molar-refractivity contribution in [2.45, 2.75) is 123 Å². The van der Waals surface area contributed by atoms with Crippen LogP contribution in [0.15, 0.2) is 0 Å². The molecule has 0 unspecified atom stereocenters. The topological polar surface area (TPSA) is 147 Å². The molecule has 11 nitrogen and oxygen atoms in total. The van der Waals surface area contributed by atoms with Gasteiger partial charge in [-0.25, -0.2) is 0 Å². The Hall–Kier alpha value is -1.79. The molecule has 3 amide bonds. The molecule has 1 atom stereocenters. The van der Waals surface area contributed by atoms with Crippen LogP contribution in [0.4, 0.5) is 0 Å². The van der Waals surface area contributed by atoms with E-state index in [1.54, 1.807) is 0 Å². The second kappa shape index (κ2) is 34.1. The number of hydrogen-bond acceptors (Lipinski definition) is 8. The molecule has 0 rings (SSSR count). The average molecular weight is 632 g/mol. The van der Waals surface area contributed by atoms with Crippen molar-refractivity contribution in [2.75, 3.05) is 72.6 Å². The molecule has 0 fully saturated rings. The third-order valence-corrected chi connectivity index (χ3v) is 7.09. The average Bonchev–Trinajstić information content (AvgIpc) is 3.00. The van der Waals surface area contributed by atoms with Crippen molar-refractivity contribution in [1.82, 2.24) is 10.6 Å². The van der Waals surface area contributed by atoms with Gasteiger partial charge in [0.1, 0.15) is 6.04 Å². The van der Waals surface area contributed by atoms with Crippen LogP contribution in [0.3, 0.4) is 0 Å². The number of hydrogen-bond donors (Lipinski definition) is 3. The zero-order chi connectivity index (χ0) is 32.4. The van der Waals surface area contributed by atoms with Gasteiger partial charge in [-0.1, -0.05) is 90.4 Å². The summed E-state index contributed by atoms with van der Waals surface area (Å²) in [6.45, 7) is 9.35. The summed E-state index contributed by atoms with van der Waals surface area (Å²) >= 11 is 0. The summed E-state index contributed by atoms with van der Waals surface area (Å²) in [6, 6.07) is -1.04. The number of nitrogens with two attached hydrogens (primary N) is 1. The highest BCUT2D eigenvalue weighted by atomic mass is 16.6. The van der Waals surface area contributed by atoms with E-state index in [-0.39, 0.29) is 25.4 Å². The minimum Gasteiger partial charge on any atom is -0.379 e. The fourth-order valence-electron chi connectivity index (χ4n) is 4.48. The Kier molecular flexibility index (Phi) is 32.7. The van der Waals surface area contributed by atoms with Crippen molar-refractivity contribution < 1.29 is 38.1 Å². The molecular weight excluding hydrogens is 566 g/mol. The summed E-state index contributed by atoms with van der Waals surface area (Å²) in [7, 11) is 0. The highest BCUT2D eigenvalue weighted by molar-refractivity contribution is 5.91. The van der Waals surface area contributed by atoms with Crippen LogP contribution in [-0.4, -0.2) is 96.4 Å². The molecule has 0 radical (unpaired) electrons. The first kappa shape index (κ1) is 42.2. The van der Waals surface area contributed by atoms with Crippen LogP contribution in [0.5, 0.6) is 0 Å². The van der Waals surface area contributed by atoms with Gasteiger partial charge in [0.05, 0.1) is 65.9 Å². The molecule has 0 heterocycles. The second-order valence-corrected chi connectivity index (χ2v) is 11.1. The Morgan fingerprint density at radius 2 is 0.955 bits per heavy atom. The molecule has 260 valence electrons. The minimum absolute atomic E-state index is 0.0524. The van der Waals surface area contributed by atoms with Gasteiger partial charge in [0.25, 0.3) is 0 Å². The van der Waals surface area contributed by atoms with Crippen LogP contribution in [0.1, 0.15) is 117 Å². The van der Waals surface area contributed by atoms with Gasteiger partial charge in [-0.2, -0.15) is 0 Å². The quantitative estimate of drug-likeness (QED) is 0.0871. The molecule has 0 spiro atoms. The van der Waals surface area contributed by atoms with Crippen molar-refractivity contribution in [2.24, 2.45) is 5.73 Å². The van der Waals surface area contributed by atoms with Crippen LogP contribution in [0, 0.1) is 0 Å². The lowest BCUT2D eigenvalue weighted by Gasteiger charge is -2.15. The molecule has 0 aliphatic heterocycles. The van der Waals surface area contributed by atoms with Crippen LogP contribution < -0.4 is 16.4 Å². The fourth-order valence-corrected chi connectivity index (χ4v) is 4.48. The standard InChI is InChI=1S/C33H65N3O8/c1-3-5-6-7-8-9-10-11-12-13-14-15-16-17-19-35-32(38)29-30(33(34)39)36-31(37)18-20-41-23-24-43-27-28-44-26-25-42-22-21-40-4-2/h30H,3-29H2,1-2H3,(H2,34,39)(H,35,38)(H,36,37)/t30-/m0/s1. The van der Waals surface area contributed by atoms with Gasteiger partial charge < -0.3 is 40.1 Å². The van der Waals surface area contributed by atoms with Crippen LogP contribution in [0.25, 0.3) is 0 Å². The summed E-state index contributed by atoms with van der Waals surface area (Å²) in [5.74, 6) is -1.43. The number of unbranched alkanes of at least 4 members (excludes halogenated alkanes) is 13. The number of primary amides is 1. The van der Waals surface area contributed by atoms with E-state index in [1.165, 1.54) is 77.0 Å². The van der Waals surface area contributed by atoms with E-state index >= 15 is 0 Å². The Labute approximate surface area is 267 Å². The van der Waals surface area contributed by atoms with Crippen molar-refractivity contribution in [3.8, 4) is 0 Å². The second-order valence-electron chi connectivity index (χ2n) is 11.1. The maximum atomic E-state index is 12.3. The van der Waals surface area contributed by atoms with E-state index in [0.717, 1.165) is 12.8 Å². The molecule has 0 saturated heterocycles. The highest BCUT2D eigenvalue weighted by Crippen LogP contribution is 2.12. The molecule has 0 aromatic rings. The summed E-state index contributed by atoms with van der Waals surface area (Å²) in [5.41, 5.74) is 5.40. The van der Waals surface area contributed by atoms with Gasteiger partial charge >= 0.3 is 0 Å². The van der Waals surface area contributed by atoms with E-state index in [9.17, 15) is 14.4 Å². The number of rotatable bonds is 35. The Morgan fingerprint density at radius 1 is 0.545 bits per heavy atom. The Morgan fingerprint density at radius 3 is 1.39 bits per heavy atom. The normalized spacial score (nSPS) is 11.9. The number of carbonyl (C=O) groups is 3. The zero-order valence-electron chi connectivity index (χ0n) is 28.0. The molecule has 0 aromatic carbocycles. The van der Waals surface area contributed by atoms with E-state index < -0.39 is 17.9 Å². The molecule has 0 aliphatic carbocycles. The zero-order valence-corrected chi connectivity index (χ0v) is 28.0. The smallest absolute Gasteiger partial charge is 0.240 e. The van der Waals surface area contributed by atoms with Gasteiger partial charge in [-0.3, -0.25) is 14.4 Å². The number of ether oxygens (including phenoxy) is 5. The third-order valence-electron chi connectivity index (χ3n) is 7.09. The predicted octanol–water partition coefficient (Wildman–Crippen LogP) is 4.44. The number of amides is 3. The third kappa shape index (κ3) is 31.6. The molecule has 44 heavy (non-hydrogen) atoms. The van der Waals surface area contributed by atoms with Crippen molar-refractivity contribution >= 4 is 17.7 Å². The lowest BCUT2D eigenvalue weighted by atomic mass is 10.0. The van der Waals surface area contributed by atoms with Gasteiger partial charge in [0.15, 0.2) is 0 Å². The number of carbonyl (C=O) groups excluding carboxylic acids is 3. The van der Waals surface area contributed by atoms with Crippen LogP contribution >= 0.6 is 0 Å².